The summed E-state index contributed by atoms with van der Waals surface area (Å²) >= 11 is 1.81. The fourth-order valence-electron chi connectivity index (χ4n) is 2.49. The van der Waals surface area contributed by atoms with E-state index in [0.29, 0.717) is 0 Å². The van der Waals surface area contributed by atoms with Crippen LogP contribution in [0.15, 0.2) is 11.4 Å². The van der Waals surface area contributed by atoms with Gasteiger partial charge in [0.25, 0.3) is 0 Å². The van der Waals surface area contributed by atoms with Gasteiger partial charge in [-0.15, -0.1) is 11.3 Å². The van der Waals surface area contributed by atoms with Gasteiger partial charge in [0.1, 0.15) is 0 Å². The van der Waals surface area contributed by atoms with E-state index >= 15 is 0 Å². The van der Waals surface area contributed by atoms with Crippen LogP contribution in [0, 0.1) is 6.92 Å². The number of thiophene rings is 1. The van der Waals surface area contributed by atoms with Crippen LogP contribution in [-0.4, -0.2) is 19.3 Å². The third-order valence-electron chi connectivity index (χ3n) is 3.62. The molecule has 17 heavy (non-hydrogen) atoms. The lowest BCUT2D eigenvalue weighted by Crippen LogP contribution is -2.44. The number of hydrogen-bond acceptors (Lipinski definition) is 3. The van der Waals surface area contributed by atoms with E-state index in [1.54, 1.807) is 0 Å². The minimum Gasteiger partial charge on any atom is -0.376 e. The molecule has 1 rings (SSSR count). The molecule has 1 aromatic heterocycles. The topological polar surface area (TPSA) is 21.3 Å². The molecule has 0 fully saturated rings. The zero-order valence-corrected chi connectivity index (χ0v) is 12.5. The van der Waals surface area contributed by atoms with Gasteiger partial charge in [0.2, 0.25) is 0 Å². The summed E-state index contributed by atoms with van der Waals surface area (Å²) in [7, 11) is 1.83. The van der Waals surface area contributed by atoms with Crippen LogP contribution in [-0.2, 0) is 4.74 Å². The molecule has 1 unspecified atom stereocenters. The van der Waals surface area contributed by atoms with E-state index in [4.69, 9.17) is 4.74 Å². The second-order valence-corrected chi connectivity index (χ2v) is 5.57. The monoisotopic (exact) mass is 255 g/mol. The zero-order valence-electron chi connectivity index (χ0n) is 11.7. The highest BCUT2D eigenvalue weighted by atomic mass is 32.1. The van der Waals surface area contributed by atoms with Crippen LogP contribution in [0.4, 0.5) is 0 Å². The van der Waals surface area contributed by atoms with Crippen molar-refractivity contribution in [2.45, 2.75) is 52.2 Å². The molecule has 0 aliphatic rings. The van der Waals surface area contributed by atoms with E-state index in [0.717, 1.165) is 19.4 Å². The van der Waals surface area contributed by atoms with Gasteiger partial charge >= 0.3 is 0 Å². The van der Waals surface area contributed by atoms with E-state index in [-0.39, 0.29) is 11.6 Å². The van der Waals surface area contributed by atoms with Gasteiger partial charge in [-0.3, -0.25) is 0 Å². The molecule has 3 heteroatoms. The number of likely N-dealkylation sites (N-methyl/N-ethyl adjacent to an activating group) is 1. The first-order chi connectivity index (χ1) is 8.13. The maximum absolute atomic E-state index is 5.86. The number of hydrogen-bond donors (Lipinski definition) is 1. The van der Waals surface area contributed by atoms with Crippen LogP contribution < -0.4 is 5.32 Å². The molecule has 0 aliphatic heterocycles. The van der Waals surface area contributed by atoms with Crippen molar-refractivity contribution in [3.8, 4) is 0 Å². The van der Waals surface area contributed by atoms with Gasteiger partial charge in [0.15, 0.2) is 0 Å². The van der Waals surface area contributed by atoms with Gasteiger partial charge in [-0.2, -0.15) is 0 Å². The molecule has 0 amide bonds. The van der Waals surface area contributed by atoms with Crippen molar-refractivity contribution in [2.24, 2.45) is 0 Å². The number of rotatable bonds is 7. The predicted molar refractivity (Wildman–Crippen MR) is 75.8 cm³/mol. The molecule has 0 saturated heterocycles. The summed E-state index contributed by atoms with van der Waals surface area (Å²) in [6, 6.07) is 2.56. The molecule has 0 aromatic carbocycles. The van der Waals surface area contributed by atoms with Crippen LogP contribution in [0.25, 0.3) is 0 Å². The molecule has 1 heterocycles. The number of nitrogens with one attached hydrogen (secondary N) is 1. The molecule has 98 valence electrons. The Hall–Kier alpha value is -0.380. The fraction of sp³-hybridized carbons (Fsp3) is 0.714. The molecule has 1 N–H and O–H groups in total. The Morgan fingerprint density at radius 1 is 1.35 bits per heavy atom. The van der Waals surface area contributed by atoms with Crippen molar-refractivity contribution in [3.63, 3.8) is 0 Å². The van der Waals surface area contributed by atoms with Crippen molar-refractivity contribution < 1.29 is 4.74 Å². The second kappa shape index (κ2) is 6.53. The van der Waals surface area contributed by atoms with Crippen molar-refractivity contribution in [1.29, 1.82) is 0 Å². The van der Waals surface area contributed by atoms with Crippen LogP contribution in [0.3, 0.4) is 0 Å². The maximum atomic E-state index is 5.86. The number of ether oxygens (including phenoxy) is 1. The summed E-state index contributed by atoms with van der Waals surface area (Å²) in [4.78, 5) is 1.36. The molecule has 0 saturated carbocycles. The van der Waals surface area contributed by atoms with Crippen molar-refractivity contribution >= 4 is 11.3 Å². The Morgan fingerprint density at radius 3 is 2.35 bits per heavy atom. The maximum Gasteiger partial charge on any atom is 0.0867 e. The first kappa shape index (κ1) is 14.7. The summed E-state index contributed by atoms with van der Waals surface area (Å²) in [6.45, 7) is 9.68. The molecule has 0 aliphatic carbocycles. The average molecular weight is 255 g/mol. The molecular weight excluding hydrogens is 230 g/mol. The van der Waals surface area contributed by atoms with Gasteiger partial charge in [0.05, 0.1) is 11.6 Å². The van der Waals surface area contributed by atoms with Gasteiger partial charge in [-0.05, 0) is 43.3 Å². The molecule has 0 radical (unpaired) electrons. The molecule has 1 aromatic rings. The van der Waals surface area contributed by atoms with E-state index in [9.17, 15) is 0 Å². The third kappa shape index (κ3) is 3.09. The first-order valence-electron chi connectivity index (χ1n) is 6.47. The number of methoxy groups -OCH3 is 1. The number of aryl methyl sites for hydroxylation is 1. The van der Waals surface area contributed by atoms with E-state index in [1.807, 2.05) is 18.4 Å². The fourth-order valence-corrected chi connectivity index (χ4v) is 3.22. The summed E-state index contributed by atoms with van der Waals surface area (Å²) in [5, 5.41) is 5.84. The largest absolute Gasteiger partial charge is 0.376 e. The quantitative estimate of drug-likeness (QED) is 0.797. The minimum atomic E-state index is -0.0937. The summed E-state index contributed by atoms with van der Waals surface area (Å²) in [6.07, 6.45) is 2.04. The second-order valence-electron chi connectivity index (χ2n) is 4.46. The van der Waals surface area contributed by atoms with Crippen LogP contribution in [0.2, 0.25) is 0 Å². The molecule has 0 spiro atoms. The van der Waals surface area contributed by atoms with Crippen molar-refractivity contribution in [3.05, 3.63) is 21.9 Å². The van der Waals surface area contributed by atoms with Gasteiger partial charge in [0, 0.05) is 12.0 Å². The van der Waals surface area contributed by atoms with E-state index in [1.165, 1.54) is 10.4 Å². The van der Waals surface area contributed by atoms with Gasteiger partial charge < -0.3 is 10.1 Å². The zero-order chi connectivity index (χ0) is 12.9. The van der Waals surface area contributed by atoms with Crippen LogP contribution >= 0.6 is 11.3 Å². The van der Waals surface area contributed by atoms with Crippen molar-refractivity contribution in [2.75, 3.05) is 13.7 Å². The summed E-state index contributed by atoms with van der Waals surface area (Å²) < 4.78 is 5.86. The Morgan fingerprint density at radius 2 is 2.00 bits per heavy atom. The van der Waals surface area contributed by atoms with Crippen molar-refractivity contribution in [1.82, 2.24) is 5.32 Å². The average Bonchev–Trinajstić information content (AvgIpc) is 2.77. The highest BCUT2D eigenvalue weighted by Gasteiger charge is 2.36. The standard InChI is InChI=1S/C14H25NOS/c1-6-14(7-2,16-5)13(15-8-3)12-9-11(4)17-10-12/h9-10,13,15H,6-8H2,1-5H3. The molecule has 0 bridgehead atoms. The SMILES string of the molecule is CCNC(c1csc(C)c1)C(CC)(CC)OC. The van der Waals surface area contributed by atoms with E-state index in [2.05, 4.69) is 44.5 Å². The Labute approximate surface area is 109 Å². The lowest BCUT2D eigenvalue weighted by atomic mass is 9.84. The predicted octanol–water partition coefficient (Wildman–Crippen LogP) is 3.91. The minimum absolute atomic E-state index is 0.0937. The highest BCUT2D eigenvalue weighted by molar-refractivity contribution is 7.10. The molecule has 1 atom stereocenters. The summed E-state index contributed by atoms with van der Waals surface area (Å²) in [5.41, 5.74) is 1.27. The van der Waals surface area contributed by atoms with Crippen LogP contribution in [0.5, 0.6) is 0 Å². The summed E-state index contributed by atoms with van der Waals surface area (Å²) in [5.74, 6) is 0. The Bertz CT molecular complexity index is 322. The highest BCUT2D eigenvalue weighted by Crippen LogP contribution is 2.36. The third-order valence-corrected chi connectivity index (χ3v) is 4.50. The lowest BCUT2D eigenvalue weighted by Gasteiger charge is -2.38. The molecular formula is C14H25NOS. The molecule has 2 nitrogen and oxygen atoms in total. The lowest BCUT2D eigenvalue weighted by molar-refractivity contribution is -0.0481. The van der Waals surface area contributed by atoms with Gasteiger partial charge in [-0.1, -0.05) is 20.8 Å². The normalized spacial score (nSPS) is 13.9. The Balaban J connectivity index is 3.06. The Kier molecular flexibility index (Phi) is 5.63. The van der Waals surface area contributed by atoms with Crippen LogP contribution in [0.1, 0.15) is 50.1 Å². The van der Waals surface area contributed by atoms with Gasteiger partial charge in [-0.25, -0.2) is 0 Å². The van der Waals surface area contributed by atoms with E-state index < -0.39 is 0 Å². The smallest absolute Gasteiger partial charge is 0.0867 e. The first-order valence-corrected chi connectivity index (χ1v) is 7.35.